The molecular weight excluding hydrogens is 370 g/mol. The number of esters is 1. The standard InChI is InChI=1S/C19H19NO6S/c1-25-13-7-9-14(10-8-13)27(23,24)15-11-20(12-15)18(21)16-5-3-4-6-17(16)19(22)26-2/h3-10,15H,11-12H2,1-2H3. The molecule has 0 aromatic heterocycles. The van der Waals surface area contributed by atoms with Gasteiger partial charge < -0.3 is 14.4 Å². The summed E-state index contributed by atoms with van der Waals surface area (Å²) in [5.41, 5.74) is 0.358. The van der Waals surface area contributed by atoms with Crippen molar-refractivity contribution in [2.24, 2.45) is 0 Å². The number of rotatable bonds is 5. The molecule has 1 aliphatic heterocycles. The Kier molecular flexibility index (Phi) is 5.18. The van der Waals surface area contributed by atoms with Crippen LogP contribution in [-0.2, 0) is 14.6 Å². The van der Waals surface area contributed by atoms with E-state index in [2.05, 4.69) is 0 Å². The van der Waals surface area contributed by atoms with Gasteiger partial charge in [-0.15, -0.1) is 0 Å². The largest absolute Gasteiger partial charge is 0.497 e. The number of likely N-dealkylation sites (tertiary alicyclic amines) is 1. The maximum absolute atomic E-state index is 12.7. The van der Waals surface area contributed by atoms with Crippen molar-refractivity contribution in [1.29, 1.82) is 0 Å². The molecule has 2 aromatic rings. The van der Waals surface area contributed by atoms with Crippen molar-refractivity contribution in [2.45, 2.75) is 10.1 Å². The van der Waals surface area contributed by atoms with E-state index >= 15 is 0 Å². The molecule has 1 heterocycles. The van der Waals surface area contributed by atoms with Crippen LogP contribution in [0.5, 0.6) is 5.75 Å². The summed E-state index contributed by atoms with van der Waals surface area (Å²) in [6.45, 7) is 0.144. The van der Waals surface area contributed by atoms with Gasteiger partial charge >= 0.3 is 5.97 Å². The highest BCUT2D eigenvalue weighted by atomic mass is 32.2. The van der Waals surface area contributed by atoms with E-state index in [1.807, 2.05) is 0 Å². The molecule has 0 spiro atoms. The number of hydrogen-bond acceptors (Lipinski definition) is 6. The smallest absolute Gasteiger partial charge is 0.338 e. The van der Waals surface area contributed by atoms with Crippen LogP contribution >= 0.6 is 0 Å². The monoisotopic (exact) mass is 389 g/mol. The second kappa shape index (κ2) is 7.40. The Labute approximate surface area is 157 Å². The summed E-state index contributed by atoms with van der Waals surface area (Å²) < 4.78 is 35.1. The zero-order valence-corrected chi connectivity index (χ0v) is 15.7. The molecule has 0 N–H and O–H groups in total. The third kappa shape index (κ3) is 3.52. The van der Waals surface area contributed by atoms with E-state index in [4.69, 9.17) is 9.47 Å². The van der Waals surface area contributed by atoms with Gasteiger partial charge in [-0.1, -0.05) is 12.1 Å². The first-order valence-corrected chi connectivity index (χ1v) is 9.77. The van der Waals surface area contributed by atoms with Gasteiger partial charge in [0.2, 0.25) is 0 Å². The Bertz CT molecular complexity index is 962. The fourth-order valence-electron chi connectivity index (χ4n) is 2.89. The summed E-state index contributed by atoms with van der Waals surface area (Å²) in [6, 6.07) is 12.5. The SMILES string of the molecule is COC(=O)c1ccccc1C(=O)N1CC(S(=O)(=O)c2ccc(OC)cc2)C1. The quantitative estimate of drug-likeness (QED) is 0.724. The molecule has 0 bridgehead atoms. The van der Waals surface area contributed by atoms with Crippen LogP contribution in [0.25, 0.3) is 0 Å². The summed E-state index contributed by atoms with van der Waals surface area (Å²) in [4.78, 5) is 26.1. The lowest BCUT2D eigenvalue weighted by molar-refractivity contribution is 0.0578. The van der Waals surface area contributed by atoms with Gasteiger partial charge in [0.1, 0.15) is 11.0 Å². The van der Waals surface area contributed by atoms with Gasteiger partial charge in [-0.3, -0.25) is 4.79 Å². The number of nitrogens with zero attached hydrogens (tertiary/aromatic N) is 1. The molecule has 2 aromatic carbocycles. The lowest BCUT2D eigenvalue weighted by Crippen LogP contribution is -2.57. The molecule has 1 saturated heterocycles. The lowest BCUT2D eigenvalue weighted by Gasteiger charge is -2.38. The van der Waals surface area contributed by atoms with E-state index in [0.717, 1.165) is 0 Å². The average Bonchev–Trinajstić information content (AvgIpc) is 2.65. The molecule has 0 atom stereocenters. The number of amides is 1. The second-order valence-corrected chi connectivity index (χ2v) is 8.32. The van der Waals surface area contributed by atoms with Crippen molar-refractivity contribution in [2.75, 3.05) is 27.3 Å². The van der Waals surface area contributed by atoms with Crippen LogP contribution in [-0.4, -0.2) is 57.8 Å². The van der Waals surface area contributed by atoms with E-state index in [1.165, 1.54) is 43.4 Å². The average molecular weight is 389 g/mol. The first-order valence-electron chi connectivity index (χ1n) is 8.23. The van der Waals surface area contributed by atoms with Gasteiger partial charge in [-0.25, -0.2) is 13.2 Å². The topological polar surface area (TPSA) is 90.0 Å². The fourth-order valence-corrected chi connectivity index (χ4v) is 4.54. The summed E-state index contributed by atoms with van der Waals surface area (Å²) in [7, 11) is -0.802. The Hall–Kier alpha value is -2.87. The van der Waals surface area contributed by atoms with Gasteiger partial charge in [-0.05, 0) is 36.4 Å². The van der Waals surface area contributed by atoms with Crippen molar-refractivity contribution in [3.05, 3.63) is 59.7 Å². The third-order valence-electron chi connectivity index (χ3n) is 4.52. The number of hydrogen-bond donors (Lipinski definition) is 0. The first kappa shape index (κ1) is 18.9. The van der Waals surface area contributed by atoms with Gasteiger partial charge in [0, 0.05) is 13.1 Å². The molecule has 3 rings (SSSR count). The molecule has 1 fully saturated rings. The molecule has 0 radical (unpaired) electrons. The number of methoxy groups -OCH3 is 2. The highest BCUT2D eigenvalue weighted by molar-refractivity contribution is 7.92. The maximum atomic E-state index is 12.7. The lowest BCUT2D eigenvalue weighted by atomic mass is 10.0. The molecule has 1 amide bonds. The van der Waals surface area contributed by atoms with Crippen LogP contribution in [0.3, 0.4) is 0 Å². The van der Waals surface area contributed by atoms with Crippen molar-refractivity contribution < 1.29 is 27.5 Å². The van der Waals surface area contributed by atoms with Crippen LogP contribution in [0.4, 0.5) is 0 Å². The Balaban J connectivity index is 1.74. The Morgan fingerprint density at radius 3 is 2.11 bits per heavy atom. The number of sulfone groups is 1. The van der Waals surface area contributed by atoms with Gasteiger partial charge in [0.05, 0.1) is 30.2 Å². The van der Waals surface area contributed by atoms with E-state index < -0.39 is 27.0 Å². The number of carbonyl (C=O) groups is 2. The second-order valence-electron chi connectivity index (χ2n) is 6.09. The minimum atomic E-state index is -3.55. The van der Waals surface area contributed by atoms with Gasteiger partial charge in [0.15, 0.2) is 9.84 Å². The highest BCUT2D eigenvalue weighted by Crippen LogP contribution is 2.27. The predicted molar refractivity (Wildman–Crippen MR) is 97.7 cm³/mol. The highest BCUT2D eigenvalue weighted by Gasteiger charge is 2.41. The van der Waals surface area contributed by atoms with Gasteiger partial charge in [0.25, 0.3) is 5.91 Å². The van der Waals surface area contributed by atoms with Crippen molar-refractivity contribution in [3.8, 4) is 5.75 Å². The molecule has 8 heteroatoms. The number of benzene rings is 2. The minimum Gasteiger partial charge on any atom is -0.497 e. The van der Waals surface area contributed by atoms with E-state index in [9.17, 15) is 18.0 Å². The van der Waals surface area contributed by atoms with Crippen LogP contribution in [0, 0.1) is 0 Å². The fraction of sp³-hybridized carbons (Fsp3) is 0.263. The molecule has 0 aliphatic carbocycles. The molecule has 27 heavy (non-hydrogen) atoms. The van der Waals surface area contributed by atoms with Crippen LogP contribution < -0.4 is 4.74 Å². The first-order chi connectivity index (χ1) is 12.9. The normalized spacial score (nSPS) is 14.4. The summed E-state index contributed by atoms with van der Waals surface area (Å²) >= 11 is 0. The molecule has 7 nitrogen and oxygen atoms in total. The number of carbonyl (C=O) groups excluding carboxylic acids is 2. The molecule has 142 valence electrons. The van der Waals surface area contributed by atoms with Crippen LogP contribution in [0.1, 0.15) is 20.7 Å². The molecule has 0 saturated carbocycles. The van der Waals surface area contributed by atoms with Crippen molar-refractivity contribution in [3.63, 3.8) is 0 Å². The Morgan fingerprint density at radius 2 is 1.56 bits per heavy atom. The Morgan fingerprint density at radius 1 is 0.963 bits per heavy atom. The zero-order chi connectivity index (χ0) is 19.6. The van der Waals surface area contributed by atoms with E-state index in [1.54, 1.807) is 24.3 Å². The minimum absolute atomic E-state index is 0.0721. The van der Waals surface area contributed by atoms with Crippen LogP contribution in [0.2, 0.25) is 0 Å². The van der Waals surface area contributed by atoms with Crippen LogP contribution in [0.15, 0.2) is 53.4 Å². The summed E-state index contributed by atoms with van der Waals surface area (Å²) in [5, 5.41) is -0.680. The predicted octanol–water partition coefficient (Wildman–Crippen LogP) is 1.78. The molecule has 1 aliphatic rings. The number of ether oxygens (including phenoxy) is 2. The summed E-state index contributed by atoms with van der Waals surface area (Å²) in [6.07, 6.45) is 0. The van der Waals surface area contributed by atoms with E-state index in [-0.39, 0.29) is 29.1 Å². The zero-order valence-electron chi connectivity index (χ0n) is 14.9. The summed E-state index contributed by atoms with van der Waals surface area (Å²) in [5.74, 6) is -0.433. The molecular formula is C19H19NO6S. The van der Waals surface area contributed by atoms with E-state index in [0.29, 0.717) is 5.75 Å². The maximum Gasteiger partial charge on any atom is 0.338 e. The van der Waals surface area contributed by atoms with Gasteiger partial charge in [-0.2, -0.15) is 0 Å². The molecule has 0 unspecified atom stereocenters. The van der Waals surface area contributed by atoms with Crippen molar-refractivity contribution in [1.82, 2.24) is 4.90 Å². The third-order valence-corrected chi connectivity index (χ3v) is 6.63. The van der Waals surface area contributed by atoms with Crippen molar-refractivity contribution >= 4 is 21.7 Å².